The molecular formula is C22H16N2O2. The van der Waals surface area contributed by atoms with Crippen LogP contribution in [0.1, 0.15) is 32.8 Å². The number of aromatic amines is 1. The first kappa shape index (κ1) is 14.1. The Hall–Kier alpha value is -3.14. The van der Waals surface area contributed by atoms with E-state index in [1.807, 2.05) is 53.4 Å². The first-order valence-corrected chi connectivity index (χ1v) is 8.94. The molecule has 126 valence electrons. The lowest BCUT2D eigenvalue weighted by atomic mass is 9.81. The average molecular weight is 340 g/mol. The van der Waals surface area contributed by atoms with Gasteiger partial charge in [0.05, 0.1) is 0 Å². The maximum Gasteiger partial charge on any atom is 0.274 e. The number of carbonyl (C=O) groups excluding carboxylic acids is 2. The standard InChI is InChI=1S/C22H16N2O2/c25-19-10-20-22(16-7-3-2-6-15(16)19)11-14(22)12-24(20)21(26)18-9-13-5-1-4-8-17(13)23-18/h1-10,14,23H,11-12H2/t14-,22-/m0/s1. The molecule has 3 aromatic rings. The zero-order valence-electron chi connectivity index (χ0n) is 14.0. The van der Waals surface area contributed by atoms with Crippen LogP contribution in [-0.4, -0.2) is 28.1 Å². The summed E-state index contributed by atoms with van der Waals surface area (Å²) in [5.41, 5.74) is 4.17. The molecule has 1 aromatic heterocycles. The van der Waals surface area contributed by atoms with Crippen LogP contribution in [0.5, 0.6) is 0 Å². The number of aromatic nitrogens is 1. The quantitative estimate of drug-likeness (QED) is 0.735. The van der Waals surface area contributed by atoms with Crippen molar-refractivity contribution in [3.63, 3.8) is 0 Å². The molecule has 26 heavy (non-hydrogen) atoms. The molecule has 1 spiro atoms. The molecule has 2 aromatic carbocycles. The molecule has 1 saturated heterocycles. The van der Waals surface area contributed by atoms with Crippen LogP contribution in [0.3, 0.4) is 0 Å². The predicted octanol–water partition coefficient (Wildman–Crippen LogP) is 3.66. The van der Waals surface area contributed by atoms with Gasteiger partial charge in [-0.3, -0.25) is 9.59 Å². The first-order chi connectivity index (χ1) is 12.7. The van der Waals surface area contributed by atoms with E-state index in [1.54, 1.807) is 6.08 Å². The van der Waals surface area contributed by atoms with Gasteiger partial charge in [-0.15, -0.1) is 0 Å². The van der Waals surface area contributed by atoms with Gasteiger partial charge in [-0.2, -0.15) is 0 Å². The third-order valence-electron chi connectivity index (χ3n) is 6.20. The van der Waals surface area contributed by atoms with Crippen LogP contribution in [0.2, 0.25) is 0 Å². The predicted molar refractivity (Wildman–Crippen MR) is 98.0 cm³/mol. The minimum atomic E-state index is -0.133. The van der Waals surface area contributed by atoms with Crippen molar-refractivity contribution in [2.75, 3.05) is 6.54 Å². The highest BCUT2D eigenvalue weighted by atomic mass is 16.2. The molecule has 2 heterocycles. The summed E-state index contributed by atoms with van der Waals surface area (Å²) in [5, 5.41) is 1.02. The number of amides is 1. The molecule has 2 atom stereocenters. The van der Waals surface area contributed by atoms with Crippen molar-refractivity contribution in [1.29, 1.82) is 0 Å². The van der Waals surface area contributed by atoms with Gasteiger partial charge in [0.1, 0.15) is 5.69 Å². The van der Waals surface area contributed by atoms with Gasteiger partial charge < -0.3 is 9.88 Å². The molecule has 1 amide bonds. The Morgan fingerprint density at radius 2 is 1.92 bits per heavy atom. The zero-order chi connectivity index (χ0) is 17.5. The number of rotatable bonds is 1. The maximum atomic E-state index is 13.2. The zero-order valence-corrected chi connectivity index (χ0v) is 14.0. The van der Waals surface area contributed by atoms with Crippen LogP contribution < -0.4 is 0 Å². The van der Waals surface area contributed by atoms with Crippen LogP contribution in [0, 0.1) is 5.92 Å². The van der Waals surface area contributed by atoms with Crippen molar-refractivity contribution >= 4 is 22.6 Å². The summed E-state index contributed by atoms with van der Waals surface area (Å²) in [4.78, 5) is 30.8. The summed E-state index contributed by atoms with van der Waals surface area (Å²) in [6.45, 7) is 0.682. The number of likely N-dealkylation sites (tertiary alicyclic amines) is 1. The van der Waals surface area contributed by atoms with Crippen LogP contribution in [0.4, 0.5) is 0 Å². The van der Waals surface area contributed by atoms with Gasteiger partial charge >= 0.3 is 0 Å². The number of fused-ring (bicyclic) bond motifs is 2. The number of hydrogen-bond acceptors (Lipinski definition) is 2. The number of H-pyrrole nitrogens is 1. The van der Waals surface area contributed by atoms with Crippen LogP contribution in [0.25, 0.3) is 10.9 Å². The highest BCUT2D eigenvalue weighted by molar-refractivity contribution is 6.10. The third kappa shape index (κ3) is 1.59. The van der Waals surface area contributed by atoms with Gasteiger partial charge in [0.25, 0.3) is 5.91 Å². The topological polar surface area (TPSA) is 53.2 Å². The number of hydrogen-bond donors (Lipinski definition) is 1. The molecule has 1 N–H and O–H groups in total. The Morgan fingerprint density at radius 3 is 2.81 bits per heavy atom. The molecule has 1 aliphatic heterocycles. The Bertz CT molecular complexity index is 1120. The molecule has 3 aliphatic rings. The SMILES string of the molecule is O=C1C=C2N(C(=O)c3cc4ccccc4[nH]3)C[C@@H]3C[C@]23c2ccccc21. The number of piperidine rings is 1. The van der Waals surface area contributed by atoms with Crippen molar-refractivity contribution in [3.05, 3.63) is 83.2 Å². The molecule has 1 saturated carbocycles. The summed E-state index contributed by atoms with van der Waals surface area (Å²) < 4.78 is 0. The average Bonchev–Trinajstić information content (AvgIpc) is 3.06. The van der Waals surface area contributed by atoms with Crippen molar-refractivity contribution in [1.82, 2.24) is 9.88 Å². The summed E-state index contributed by atoms with van der Waals surface area (Å²) in [6, 6.07) is 17.6. The van der Waals surface area contributed by atoms with Crippen molar-refractivity contribution in [2.24, 2.45) is 5.92 Å². The number of para-hydroxylation sites is 1. The monoisotopic (exact) mass is 340 g/mol. The van der Waals surface area contributed by atoms with Gasteiger partial charge in [-0.05, 0) is 30.0 Å². The fourth-order valence-corrected chi connectivity index (χ4v) is 4.91. The van der Waals surface area contributed by atoms with Gasteiger partial charge in [-0.25, -0.2) is 0 Å². The summed E-state index contributed by atoms with van der Waals surface area (Å²) in [7, 11) is 0. The fourth-order valence-electron chi connectivity index (χ4n) is 4.91. The molecular weight excluding hydrogens is 324 g/mol. The van der Waals surface area contributed by atoms with E-state index in [1.165, 1.54) is 0 Å². The molecule has 0 bridgehead atoms. The lowest BCUT2D eigenvalue weighted by Crippen LogP contribution is -2.33. The fraction of sp³-hybridized carbons (Fsp3) is 0.182. The smallest absolute Gasteiger partial charge is 0.274 e. The highest BCUT2D eigenvalue weighted by Gasteiger charge is 2.67. The highest BCUT2D eigenvalue weighted by Crippen LogP contribution is 2.66. The number of carbonyl (C=O) groups is 2. The van der Waals surface area contributed by atoms with E-state index >= 15 is 0 Å². The van der Waals surface area contributed by atoms with E-state index in [2.05, 4.69) is 11.1 Å². The van der Waals surface area contributed by atoms with Crippen LogP contribution in [0.15, 0.2) is 66.4 Å². The number of nitrogens with one attached hydrogen (secondary N) is 1. The first-order valence-electron chi connectivity index (χ1n) is 8.94. The minimum absolute atomic E-state index is 0.00298. The number of ketones is 1. The second-order valence-electron chi connectivity index (χ2n) is 7.50. The summed E-state index contributed by atoms with van der Waals surface area (Å²) in [6.07, 6.45) is 2.72. The van der Waals surface area contributed by atoms with E-state index in [9.17, 15) is 9.59 Å². The van der Waals surface area contributed by atoms with E-state index < -0.39 is 0 Å². The van der Waals surface area contributed by atoms with Crippen LogP contribution >= 0.6 is 0 Å². The van der Waals surface area contributed by atoms with E-state index in [-0.39, 0.29) is 17.1 Å². The van der Waals surface area contributed by atoms with Crippen molar-refractivity contribution in [2.45, 2.75) is 11.8 Å². The molecule has 4 heteroatoms. The van der Waals surface area contributed by atoms with Gasteiger partial charge in [0, 0.05) is 40.2 Å². The Labute approximate surface area is 150 Å². The van der Waals surface area contributed by atoms with E-state index in [0.29, 0.717) is 18.2 Å². The number of nitrogens with zero attached hydrogens (tertiary/aromatic N) is 1. The Morgan fingerprint density at radius 1 is 1.12 bits per heavy atom. The summed E-state index contributed by atoms with van der Waals surface area (Å²) in [5.74, 6) is 0.366. The lowest BCUT2D eigenvalue weighted by molar-refractivity contribution is 0.0806. The second-order valence-corrected chi connectivity index (χ2v) is 7.50. The molecule has 4 nitrogen and oxygen atoms in total. The van der Waals surface area contributed by atoms with Crippen LogP contribution in [-0.2, 0) is 5.41 Å². The van der Waals surface area contributed by atoms with Crippen molar-refractivity contribution in [3.8, 4) is 0 Å². The third-order valence-corrected chi connectivity index (χ3v) is 6.20. The summed E-state index contributed by atoms with van der Waals surface area (Å²) >= 11 is 0. The Balaban J connectivity index is 1.45. The van der Waals surface area contributed by atoms with Gasteiger partial charge in [0.2, 0.25) is 0 Å². The van der Waals surface area contributed by atoms with Gasteiger partial charge in [-0.1, -0.05) is 42.5 Å². The van der Waals surface area contributed by atoms with E-state index in [0.717, 1.165) is 34.1 Å². The second kappa shape index (κ2) is 4.52. The largest absolute Gasteiger partial charge is 0.351 e. The maximum absolute atomic E-state index is 13.2. The minimum Gasteiger partial charge on any atom is -0.351 e. The van der Waals surface area contributed by atoms with Crippen molar-refractivity contribution < 1.29 is 9.59 Å². The molecule has 2 aliphatic carbocycles. The Kier molecular flexibility index (Phi) is 2.45. The van der Waals surface area contributed by atoms with Gasteiger partial charge in [0.15, 0.2) is 5.78 Å². The molecule has 6 rings (SSSR count). The molecule has 0 radical (unpaired) electrons. The lowest BCUT2D eigenvalue weighted by Gasteiger charge is -2.29. The molecule has 2 fully saturated rings. The van der Waals surface area contributed by atoms with E-state index in [4.69, 9.17) is 0 Å². The number of allylic oxidation sites excluding steroid dienone is 2. The normalized spacial score (nSPS) is 25.5. The molecule has 0 unspecified atom stereocenters. The number of benzene rings is 2.